The van der Waals surface area contributed by atoms with Crippen molar-refractivity contribution in [1.82, 2.24) is 10.2 Å². The molecule has 0 unspecified atom stereocenters. The Hall–Kier alpha value is -1.55. The first-order valence-electron chi connectivity index (χ1n) is 7.06. The quantitative estimate of drug-likeness (QED) is 0.838. The Balaban J connectivity index is 1.55. The molecule has 1 fully saturated rings. The van der Waals surface area contributed by atoms with Crippen molar-refractivity contribution in [2.75, 3.05) is 26.2 Å². The lowest BCUT2D eigenvalue weighted by atomic mass is 9.77. The van der Waals surface area contributed by atoms with Crippen molar-refractivity contribution in [1.29, 1.82) is 0 Å². The van der Waals surface area contributed by atoms with Gasteiger partial charge in [0.25, 0.3) is 0 Å². The van der Waals surface area contributed by atoms with E-state index in [0.29, 0.717) is 11.4 Å². The average molecular weight is 258 g/mol. The van der Waals surface area contributed by atoms with Gasteiger partial charge in [-0.1, -0.05) is 30.3 Å². The van der Waals surface area contributed by atoms with E-state index in [1.807, 2.05) is 0 Å². The Kier molecular flexibility index (Phi) is 3.42. The van der Waals surface area contributed by atoms with Gasteiger partial charge in [0, 0.05) is 18.5 Å². The van der Waals surface area contributed by atoms with E-state index in [4.69, 9.17) is 5.73 Å². The second-order valence-electron chi connectivity index (χ2n) is 5.82. The molecule has 2 heterocycles. The van der Waals surface area contributed by atoms with Crippen LogP contribution in [0.4, 0.5) is 0 Å². The number of hydrogen-bond donors (Lipinski definition) is 2. The van der Waals surface area contributed by atoms with Crippen molar-refractivity contribution in [3.63, 3.8) is 0 Å². The summed E-state index contributed by atoms with van der Waals surface area (Å²) >= 11 is 0. The van der Waals surface area contributed by atoms with Gasteiger partial charge in [0.05, 0.1) is 6.54 Å². The number of nitrogens with two attached hydrogens (primary N) is 1. The van der Waals surface area contributed by atoms with Gasteiger partial charge in [-0.3, -0.25) is 9.89 Å². The van der Waals surface area contributed by atoms with Crippen molar-refractivity contribution < 1.29 is 0 Å². The molecule has 19 heavy (non-hydrogen) atoms. The van der Waals surface area contributed by atoms with Gasteiger partial charge in [-0.05, 0) is 31.5 Å². The second kappa shape index (κ2) is 5.21. The lowest BCUT2D eigenvalue weighted by Gasteiger charge is -2.42. The Morgan fingerprint density at radius 3 is 2.58 bits per heavy atom. The molecule has 1 aromatic rings. The lowest BCUT2D eigenvalue weighted by Crippen LogP contribution is -2.52. The maximum atomic E-state index is 5.68. The summed E-state index contributed by atoms with van der Waals surface area (Å²) in [5, 5.41) is 3.22. The zero-order valence-electron chi connectivity index (χ0n) is 11.3. The van der Waals surface area contributed by atoms with Gasteiger partial charge in [0.2, 0.25) is 0 Å². The highest BCUT2D eigenvalue weighted by Crippen LogP contribution is 2.33. The highest BCUT2D eigenvalue weighted by molar-refractivity contribution is 5.78. The summed E-state index contributed by atoms with van der Waals surface area (Å²) in [7, 11) is 0. The van der Waals surface area contributed by atoms with E-state index in [0.717, 1.165) is 32.7 Å². The minimum Gasteiger partial charge on any atom is -0.370 e. The molecule has 0 saturated carbocycles. The summed E-state index contributed by atoms with van der Waals surface area (Å²) < 4.78 is 0. The van der Waals surface area contributed by atoms with E-state index in [-0.39, 0.29) is 0 Å². The number of hydrogen-bond acceptors (Lipinski definition) is 4. The first-order valence-corrected chi connectivity index (χ1v) is 7.06. The minimum absolute atomic E-state index is 0.343. The van der Waals surface area contributed by atoms with E-state index in [2.05, 4.69) is 45.5 Å². The van der Waals surface area contributed by atoms with Crippen LogP contribution in [0.1, 0.15) is 18.4 Å². The summed E-state index contributed by atoms with van der Waals surface area (Å²) in [4.78, 5) is 6.92. The van der Waals surface area contributed by atoms with Gasteiger partial charge in [0.1, 0.15) is 0 Å². The van der Waals surface area contributed by atoms with Crippen LogP contribution < -0.4 is 11.1 Å². The molecule has 4 heteroatoms. The van der Waals surface area contributed by atoms with E-state index in [1.165, 1.54) is 18.4 Å². The minimum atomic E-state index is 0.343. The van der Waals surface area contributed by atoms with Crippen LogP contribution in [0, 0.1) is 5.41 Å². The number of benzene rings is 1. The van der Waals surface area contributed by atoms with Gasteiger partial charge in [0.15, 0.2) is 5.96 Å². The number of rotatable bonds is 2. The molecular formula is C15H22N4. The largest absolute Gasteiger partial charge is 0.370 e. The molecule has 1 spiro atoms. The summed E-state index contributed by atoms with van der Waals surface area (Å²) in [6.45, 7) is 5.26. The van der Waals surface area contributed by atoms with Gasteiger partial charge < -0.3 is 11.1 Å². The van der Waals surface area contributed by atoms with Crippen LogP contribution in [0.5, 0.6) is 0 Å². The van der Waals surface area contributed by atoms with Gasteiger partial charge >= 0.3 is 0 Å². The summed E-state index contributed by atoms with van der Waals surface area (Å²) in [5.74, 6) is 0.609. The predicted octanol–water partition coefficient (Wildman–Crippen LogP) is 1.19. The normalized spacial score (nSPS) is 22.8. The third-order valence-corrected chi connectivity index (χ3v) is 4.40. The Morgan fingerprint density at radius 2 is 1.95 bits per heavy atom. The SMILES string of the molecule is NC1=NCC2(CCN(Cc3ccccc3)CC2)CN1. The fourth-order valence-electron chi connectivity index (χ4n) is 3.00. The molecule has 0 atom stereocenters. The summed E-state index contributed by atoms with van der Waals surface area (Å²) in [6.07, 6.45) is 2.42. The van der Waals surface area contributed by atoms with Gasteiger partial charge in [-0.25, -0.2) is 0 Å². The zero-order valence-corrected chi connectivity index (χ0v) is 11.3. The van der Waals surface area contributed by atoms with Crippen LogP contribution >= 0.6 is 0 Å². The van der Waals surface area contributed by atoms with Crippen molar-refractivity contribution in [3.05, 3.63) is 35.9 Å². The van der Waals surface area contributed by atoms with Crippen molar-refractivity contribution >= 4 is 5.96 Å². The first kappa shape index (κ1) is 12.5. The van der Waals surface area contributed by atoms with Crippen LogP contribution in [-0.4, -0.2) is 37.0 Å². The van der Waals surface area contributed by atoms with E-state index in [9.17, 15) is 0 Å². The maximum absolute atomic E-state index is 5.68. The number of nitrogens with zero attached hydrogens (tertiary/aromatic N) is 2. The fraction of sp³-hybridized carbons (Fsp3) is 0.533. The standard InChI is InChI=1S/C15H22N4/c16-14-17-11-15(12-18-14)6-8-19(9-7-15)10-13-4-2-1-3-5-13/h1-5H,6-12H2,(H3,16,17,18). The Morgan fingerprint density at radius 1 is 1.21 bits per heavy atom. The highest BCUT2D eigenvalue weighted by Gasteiger charge is 2.36. The van der Waals surface area contributed by atoms with Crippen molar-refractivity contribution in [2.24, 2.45) is 16.1 Å². The molecule has 1 saturated heterocycles. The van der Waals surface area contributed by atoms with Gasteiger partial charge in [-0.2, -0.15) is 0 Å². The molecule has 0 aromatic heterocycles. The summed E-state index contributed by atoms with van der Waals surface area (Å²) in [6, 6.07) is 10.7. The van der Waals surface area contributed by atoms with E-state index < -0.39 is 0 Å². The third-order valence-electron chi connectivity index (χ3n) is 4.40. The molecule has 0 amide bonds. The Labute approximate surface area is 114 Å². The van der Waals surface area contributed by atoms with Crippen molar-refractivity contribution in [3.8, 4) is 0 Å². The molecule has 1 aromatic carbocycles. The Bertz CT molecular complexity index is 446. The first-order chi connectivity index (χ1) is 9.26. The molecule has 3 N–H and O–H groups in total. The van der Waals surface area contributed by atoms with E-state index in [1.54, 1.807) is 0 Å². The third kappa shape index (κ3) is 2.89. The molecule has 0 aliphatic carbocycles. The van der Waals surface area contributed by atoms with Crippen LogP contribution in [-0.2, 0) is 6.54 Å². The number of nitrogens with one attached hydrogen (secondary N) is 1. The lowest BCUT2D eigenvalue weighted by molar-refractivity contribution is 0.104. The zero-order chi connectivity index (χ0) is 13.1. The molecule has 0 bridgehead atoms. The van der Waals surface area contributed by atoms with Crippen LogP contribution in [0.3, 0.4) is 0 Å². The number of piperidine rings is 1. The fourth-order valence-corrected chi connectivity index (χ4v) is 3.00. The van der Waals surface area contributed by atoms with Crippen molar-refractivity contribution in [2.45, 2.75) is 19.4 Å². The number of guanidine groups is 1. The average Bonchev–Trinajstić information content (AvgIpc) is 2.46. The topological polar surface area (TPSA) is 53.6 Å². The van der Waals surface area contributed by atoms with Gasteiger partial charge in [-0.15, -0.1) is 0 Å². The molecular weight excluding hydrogens is 236 g/mol. The molecule has 102 valence electrons. The molecule has 2 aliphatic rings. The summed E-state index contributed by atoms with van der Waals surface area (Å²) in [5.41, 5.74) is 7.43. The van der Waals surface area contributed by atoms with Crippen LogP contribution in [0.25, 0.3) is 0 Å². The number of aliphatic imine (C=N–C) groups is 1. The second-order valence-corrected chi connectivity index (χ2v) is 5.82. The maximum Gasteiger partial charge on any atom is 0.188 e. The number of likely N-dealkylation sites (tertiary alicyclic amines) is 1. The molecule has 0 radical (unpaired) electrons. The smallest absolute Gasteiger partial charge is 0.188 e. The monoisotopic (exact) mass is 258 g/mol. The van der Waals surface area contributed by atoms with Crippen LogP contribution in [0.15, 0.2) is 35.3 Å². The van der Waals surface area contributed by atoms with E-state index >= 15 is 0 Å². The highest BCUT2D eigenvalue weighted by atomic mass is 15.2. The molecule has 2 aliphatic heterocycles. The van der Waals surface area contributed by atoms with Crippen LogP contribution in [0.2, 0.25) is 0 Å². The molecule has 3 rings (SSSR count). The molecule has 4 nitrogen and oxygen atoms in total. The predicted molar refractivity (Wildman–Crippen MR) is 77.9 cm³/mol.